The summed E-state index contributed by atoms with van der Waals surface area (Å²) >= 11 is 18.0. The number of amides is 2. The zero-order chi connectivity index (χ0) is 32.0. The van der Waals surface area contributed by atoms with E-state index in [0.717, 1.165) is 6.42 Å². The smallest absolute Gasteiger partial charge is 0.408 e. The van der Waals surface area contributed by atoms with Crippen molar-refractivity contribution in [2.75, 3.05) is 26.8 Å². The Hall–Kier alpha value is -3.22. The maximum absolute atomic E-state index is 12.3. The van der Waals surface area contributed by atoms with Crippen molar-refractivity contribution in [3.8, 4) is 5.75 Å². The molecule has 0 aliphatic rings. The molecule has 0 aliphatic carbocycles. The summed E-state index contributed by atoms with van der Waals surface area (Å²) in [6.07, 6.45) is 3.27. The number of alkyl carbamates (subject to hydrolysis) is 1. The van der Waals surface area contributed by atoms with E-state index in [4.69, 9.17) is 49.4 Å². The molecule has 0 spiro atoms. The number of carbonyl (C=O) groups is 4. The number of benzene rings is 1. The van der Waals surface area contributed by atoms with Crippen molar-refractivity contribution in [2.24, 2.45) is 11.8 Å². The average Bonchev–Trinajstić information content (AvgIpc) is 3.45. The average molecular weight is 652 g/mol. The number of ether oxygens (including phenoxy) is 3. The van der Waals surface area contributed by atoms with Crippen LogP contribution in [-0.4, -0.2) is 82.6 Å². The quantitative estimate of drug-likeness (QED) is 0.279. The van der Waals surface area contributed by atoms with E-state index in [1.165, 1.54) is 18.0 Å². The third-order valence-electron chi connectivity index (χ3n) is 5.54. The maximum atomic E-state index is 12.3. The molecule has 0 saturated carbocycles. The first-order valence-corrected chi connectivity index (χ1v) is 14.2. The molecular weight excluding hydrogens is 615 g/mol. The van der Waals surface area contributed by atoms with Gasteiger partial charge in [-0.15, -0.1) is 0 Å². The Morgan fingerprint density at radius 2 is 1.67 bits per heavy atom. The summed E-state index contributed by atoms with van der Waals surface area (Å²) in [6, 6.07) is 2.09. The molecule has 2 aromatic rings. The molecule has 1 aromatic heterocycles. The van der Waals surface area contributed by atoms with E-state index in [0.29, 0.717) is 33.9 Å². The van der Waals surface area contributed by atoms with Crippen LogP contribution in [0.4, 0.5) is 9.59 Å². The summed E-state index contributed by atoms with van der Waals surface area (Å²) in [5.41, 5.74) is 0. The Kier molecular flexibility index (Phi) is 16.1. The van der Waals surface area contributed by atoms with Gasteiger partial charge in [0.15, 0.2) is 5.75 Å². The van der Waals surface area contributed by atoms with Crippen molar-refractivity contribution in [3.63, 3.8) is 0 Å². The number of aromatic nitrogens is 2. The first-order chi connectivity index (χ1) is 19.7. The normalized spacial score (nSPS) is 12.1. The molecule has 0 bridgehead atoms. The summed E-state index contributed by atoms with van der Waals surface area (Å²) in [7, 11) is 1.21. The van der Waals surface area contributed by atoms with Gasteiger partial charge < -0.3 is 29.5 Å². The summed E-state index contributed by atoms with van der Waals surface area (Å²) in [5, 5.41) is 12.3. The van der Waals surface area contributed by atoms with Gasteiger partial charge in [0.25, 0.3) is 0 Å². The van der Waals surface area contributed by atoms with Gasteiger partial charge in [0, 0.05) is 29.9 Å². The van der Waals surface area contributed by atoms with Gasteiger partial charge in [0.05, 0.1) is 23.7 Å². The molecule has 15 heteroatoms. The topological polar surface area (TPSA) is 149 Å². The van der Waals surface area contributed by atoms with Gasteiger partial charge in [-0.2, -0.15) is 0 Å². The number of methoxy groups -OCH3 is 1. The van der Waals surface area contributed by atoms with Gasteiger partial charge in [-0.3, -0.25) is 4.57 Å². The fourth-order valence-electron chi connectivity index (χ4n) is 3.41. The third kappa shape index (κ3) is 11.9. The molecule has 2 atom stereocenters. The Morgan fingerprint density at radius 3 is 2.12 bits per heavy atom. The monoisotopic (exact) mass is 650 g/mol. The van der Waals surface area contributed by atoms with Crippen LogP contribution in [-0.2, 0) is 19.1 Å². The van der Waals surface area contributed by atoms with Crippen molar-refractivity contribution in [1.29, 1.82) is 0 Å². The minimum absolute atomic E-state index is 0.152. The summed E-state index contributed by atoms with van der Waals surface area (Å²) in [6.45, 7) is 9.96. The Labute approximate surface area is 260 Å². The summed E-state index contributed by atoms with van der Waals surface area (Å²) in [5.74, 6) is -2.06. The maximum Gasteiger partial charge on any atom is 0.408 e. The van der Waals surface area contributed by atoms with E-state index in [-0.39, 0.29) is 24.5 Å². The number of carboxylic acids is 1. The highest BCUT2D eigenvalue weighted by Crippen LogP contribution is 2.35. The van der Waals surface area contributed by atoms with Crippen LogP contribution in [0.3, 0.4) is 0 Å². The van der Waals surface area contributed by atoms with Crippen LogP contribution in [0.5, 0.6) is 5.75 Å². The molecule has 234 valence electrons. The second-order valence-corrected chi connectivity index (χ2v) is 10.8. The van der Waals surface area contributed by atoms with Crippen molar-refractivity contribution in [3.05, 3.63) is 45.9 Å². The molecule has 0 radical (unpaired) electrons. The van der Waals surface area contributed by atoms with E-state index in [2.05, 4.69) is 15.0 Å². The molecule has 2 N–H and O–H groups in total. The van der Waals surface area contributed by atoms with Crippen LogP contribution < -0.4 is 10.1 Å². The van der Waals surface area contributed by atoms with E-state index in [1.54, 1.807) is 57.1 Å². The van der Waals surface area contributed by atoms with E-state index < -0.39 is 30.2 Å². The predicted molar refractivity (Wildman–Crippen MR) is 158 cm³/mol. The molecule has 2 rings (SSSR count). The first-order valence-electron chi connectivity index (χ1n) is 13.1. The van der Waals surface area contributed by atoms with E-state index >= 15 is 0 Å². The zero-order valence-electron chi connectivity index (χ0n) is 24.3. The second kappa shape index (κ2) is 18.3. The lowest BCUT2D eigenvalue weighted by molar-refractivity contribution is -0.149. The molecule has 42 heavy (non-hydrogen) atoms. The number of hydrogen-bond donors (Lipinski definition) is 2. The Balaban J connectivity index is 0.000000430. The number of nitrogens with zero attached hydrogens (tertiary/aromatic N) is 3. The molecule has 0 saturated heterocycles. The number of rotatable bonds is 12. The summed E-state index contributed by atoms with van der Waals surface area (Å²) in [4.78, 5) is 51.8. The molecule has 12 nitrogen and oxygen atoms in total. The Bertz CT molecular complexity index is 1160. The number of aliphatic carboxylic acids is 1. The van der Waals surface area contributed by atoms with Crippen molar-refractivity contribution in [2.45, 2.75) is 53.2 Å². The van der Waals surface area contributed by atoms with Crippen molar-refractivity contribution in [1.82, 2.24) is 19.8 Å². The number of hydrogen-bond acceptors (Lipinski definition) is 8. The largest absolute Gasteiger partial charge is 0.489 e. The minimum atomic E-state index is -1.26. The van der Waals surface area contributed by atoms with E-state index in [9.17, 15) is 19.2 Å². The van der Waals surface area contributed by atoms with Gasteiger partial charge in [0.1, 0.15) is 19.0 Å². The molecule has 1 heterocycles. The lowest BCUT2D eigenvalue weighted by Gasteiger charge is -2.22. The lowest BCUT2D eigenvalue weighted by atomic mass is 10.1. The first kappa shape index (κ1) is 36.8. The van der Waals surface area contributed by atoms with Crippen LogP contribution in [0.2, 0.25) is 15.1 Å². The van der Waals surface area contributed by atoms with Crippen molar-refractivity contribution < 1.29 is 38.5 Å². The SMILES string of the molecule is CCCN(CCOc1c(Cl)cc(Cl)cc1Cl)C(=O)n1ccnc1.COC(=O)C(NC(=O)O[C@H](C(=O)O)C(C)C)C(C)C. The standard InChI is InChI=1S/C15H16Cl3N3O2.C12H21NO6/c1-2-4-20(15(22)21-5-3-19-10-21)6-7-23-14-12(17)8-11(16)9-13(14)18;1-6(2)8(11(16)18-5)13-12(17)19-9(7(3)4)10(14)15/h3,5,8-10H,2,4,6-7H2,1H3;6-9H,1-5H3,(H,13,17)(H,14,15)/t;8?,9-/m.0/s1. The van der Waals surface area contributed by atoms with Crippen LogP contribution in [0.15, 0.2) is 30.9 Å². The van der Waals surface area contributed by atoms with Gasteiger partial charge >= 0.3 is 24.1 Å². The van der Waals surface area contributed by atoms with Crippen LogP contribution in [0, 0.1) is 11.8 Å². The number of nitrogens with one attached hydrogen (secondary N) is 1. The fraction of sp³-hybridized carbons (Fsp3) is 0.519. The third-order valence-corrected chi connectivity index (χ3v) is 6.32. The van der Waals surface area contributed by atoms with Gasteiger partial charge in [-0.25, -0.2) is 24.2 Å². The van der Waals surface area contributed by atoms with Crippen LogP contribution in [0.1, 0.15) is 41.0 Å². The van der Waals surface area contributed by atoms with Gasteiger partial charge in [-0.05, 0) is 24.5 Å². The molecule has 0 aliphatic heterocycles. The van der Waals surface area contributed by atoms with E-state index in [1.807, 2.05) is 6.92 Å². The van der Waals surface area contributed by atoms with Gasteiger partial charge in [0.2, 0.25) is 6.10 Å². The number of esters is 1. The number of imidazole rings is 1. The van der Waals surface area contributed by atoms with Crippen LogP contribution >= 0.6 is 34.8 Å². The van der Waals surface area contributed by atoms with Gasteiger partial charge in [-0.1, -0.05) is 69.4 Å². The predicted octanol–water partition coefficient (Wildman–Crippen LogP) is 5.62. The highest BCUT2D eigenvalue weighted by molar-refractivity contribution is 6.40. The molecule has 1 unspecified atom stereocenters. The molecular formula is C27H37Cl3N4O8. The fourth-order valence-corrected chi connectivity index (χ4v) is 4.33. The summed E-state index contributed by atoms with van der Waals surface area (Å²) < 4.78 is 16.4. The second-order valence-electron chi connectivity index (χ2n) is 9.58. The number of carbonyl (C=O) groups excluding carboxylic acids is 3. The lowest BCUT2D eigenvalue weighted by Crippen LogP contribution is -2.47. The number of halogens is 3. The minimum Gasteiger partial charge on any atom is -0.489 e. The highest BCUT2D eigenvalue weighted by atomic mass is 35.5. The highest BCUT2D eigenvalue weighted by Gasteiger charge is 2.30. The molecule has 2 amide bonds. The zero-order valence-corrected chi connectivity index (χ0v) is 26.6. The molecule has 1 aromatic carbocycles. The molecule has 0 fully saturated rings. The number of carboxylic acid groups (broad SMARTS) is 1. The van der Waals surface area contributed by atoms with Crippen LogP contribution in [0.25, 0.3) is 0 Å². The van der Waals surface area contributed by atoms with Crippen molar-refractivity contribution >= 4 is 58.9 Å². The Morgan fingerprint density at radius 1 is 1.05 bits per heavy atom.